The number of hydrogen-bond acceptors (Lipinski definition) is 3. The fourth-order valence-electron chi connectivity index (χ4n) is 2.79. The van der Waals surface area contributed by atoms with Crippen LogP contribution in [0.4, 0.5) is 16.2 Å². The van der Waals surface area contributed by atoms with Crippen molar-refractivity contribution in [1.29, 1.82) is 0 Å². The van der Waals surface area contributed by atoms with Crippen LogP contribution in [0.5, 0.6) is 5.75 Å². The highest BCUT2D eigenvalue weighted by atomic mass is 79.9. The van der Waals surface area contributed by atoms with Gasteiger partial charge in [-0.2, -0.15) is 0 Å². The number of aromatic carboxylic acids is 1. The van der Waals surface area contributed by atoms with Crippen molar-refractivity contribution in [3.63, 3.8) is 0 Å². The molecular weight excluding hydrogens is 412 g/mol. The number of halogens is 1. The fraction of sp³-hybridized carbons (Fsp3) is 0. The van der Waals surface area contributed by atoms with Gasteiger partial charge in [-0.3, -0.25) is 4.90 Å². The third-order valence-electron chi connectivity index (χ3n) is 3.99. The summed E-state index contributed by atoms with van der Waals surface area (Å²) in [6, 6.07) is 17.4. The molecule has 0 aromatic heterocycles. The molecule has 6 nitrogen and oxygen atoms in total. The maximum Gasteiger partial charge on any atom is 0.335 e. The molecule has 0 saturated heterocycles. The third-order valence-corrected chi connectivity index (χ3v) is 4.66. The minimum Gasteiger partial charge on any atom is -0.507 e. The minimum atomic E-state index is -1.14. The number of carbonyl (C=O) groups is 2. The monoisotopic (exact) mass is 426 g/mol. The lowest BCUT2D eigenvalue weighted by atomic mass is 10.00. The van der Waals surface area contributed by atoms with Crippen LogP contribution in [-0.2, 0) is 0 Å². The number of anilines is 2. The van der Waals surface area contributed by atoms with Crippen LogP contribution in [0, 0.1) is 0 Å². The molecule has 3 aromatic rings. The van der Waals surface area contributed by atoms with E-state index >= 15 is 0 Å². The summed E-state index contributed by atoms with van der Waals surface area (Å²) in [5, 5.41) is 19.4. The highest BCUT2D eigenvalue weighted by Crippen LogP contribution is 2.40. The Kier molecular flexibility index (Phi) is 5.14. The van der Waals surface area contributed by atoms with Gasteiger partial charge in [0.05, 0.1) is 16.9 Å². The van der Waals surface area contributed by atoms with E-state index in [1.54, 1.807) is 42.5 Å². The first-order valence-corrected chi connectivity index (χ1v) is 8.69. The van der Waals surface area contributed by atoms with E-state index in [1.165, 1.54) is 23.1 Å². The van der Waals surface area contributed by atoms with Crippen LogP contribution in [0.15, 0.2) is 71.2 Å². The molecule has 7 heteroatoms. The number of aromatic hydroxyl groups is 1. The Hall–Kier alpha value is -3.32. The Labute approximate surface area is 163 Å². The van der Waals surface area contributed by atoms with Gasteiger partial charge < -0.3 is 15.9 Å². The molecule has 0 aliphatic heterocycles. The summed E-state index contributed by atoms with van der Waals surface area (Å²) in [6.45, 7) is 0. The van der Waals surface area contributed by atoms with Gasteiger partial charge >= 0.3 is 12.0 Å². The average Bonchev–Trinajstić information content (AvgIpc) is 2.64. The highest BCUT2D eigenvalue weighted by Gasteiger charge is 2.22. The molecule has 3 aromatic carbocycles. The quantitative estimate of drug-likeness (QED) is 0.560. The molecule has 0 aliphatic rings. The number of rotatable bonds is 4. The molecule has 0 bridgehead atoms. The molecular formula is C20H15BrN2O4. The first kappa shape index (κ1) is 18.5. The number of phenolic OH excluding ortho intramolecular Hbond substituents is 1. The first-order valence-electron chi connectivity index (χ1n) is 7.90. The minimum absolute atomic E-state index is 0.0358. The number of nitrogens with two attached hydrogens (primary N) is 1. The number of carboxylic acid groups (broad SMARTS) is 1. The topological polar surface area (TPSA) is 104 Å². The molecule has 2 amide bonds. The smallest absolute Gasteiger partial charge is 0.335 e. The summed E-state index contributed by atoms with van der Waals surface area (Å²) >= 11 is 3.42. The van der Waals surface area contributed by atoms with Gasteiger partial charge in [-0.05, 0) is 52.3 Å². The van der Waals surface area contributed by atoms with Crippen LogP contribution in [-0.4, -0.2) is 22.2 Å². The Morgan fingerprint density at radius 1 is 0.889 bits per heavy atom. The van der Waals surface area contributed by atoms with Crippen LogP contribution in [0.25, 0.3) is 11.1 Å². The van der Waals surface area contributed by atoms with Crippen LogP contribution >= 0.6 is 15.9 Å². The van der Waals surface area contributed by atoms with Crippen molar-refractivity contribution >= 4 is 39.3 Å². The largest absolute Gasteiger partial charge is 0.507 e. The van der Waals surface area contributed by atoms with Gasteiger partial charge in [0.1, 0.15) is 5.75 Å². The Balaban J connectivity index is 2.20. The normalized spacial score (nSPS) is 10.4. The van der Waals surface area contributed by atoms with Crippen molar-refractivity contribution in [2.75, 3.05) is 4.90 Å². The number of amides is 2. The standard InChI is InChI=1S/C20H15BrN2O4/c21-15-6-2-4-8-17(15)23(20(22)27)16-7-3-1-5-13(16)14-10-9-12(19(25)26)11-18(14)24/h1-11,24H,(H2,22,27)(H,25,26). The molecule has 0 atom stereocenters. The van der Waals surface area contributed by atoms with Crippen molar-refractivity contribution in [1.82, 2.24) is 0 Å². The Morgan fingerprint density at radius 2 is 1.52 bits per heavy atom. The van der Waals surface area contributed by atoms with Gasteiger partial charge in [0, 0.05) is 15.6 Å². The predicted molar refractivity (Wildman–Crippen MR) is 106 cm³/mol. The lowest BCUT2D eigenvalue weighted by molar-refractivity contribution is 0.0696. The van der Waals surface area contributed by atoms with E-state index < -0.39 is 12.0 Å². The maximum atomic E-state index is 12.3. The van der Waals surface area contributed by atoms with Crippen LogP contribution in [0.1, 0.15) is 10.4 Å². The molecule has 136 valence electrons. The molecule has 0 radical (unpaired) electrons. The van der Waals surface area contributed by atoms with Gasteiger partial charge in [0.25, 0.3) is 0 Å². The van der Waals surface area contributed by atoms with Crippen LogP contribution < -0.4 is 10.6 Å². The SMILES string of the molecule is NC(=O)N(c1ccccc1Br)c1ccccc1-c1ccc(C(=O)O)cc1O. The van der Waals surface area contributed by atoms with Crippen molar-refractivity contribution in [2.45, 2.75) is 0 Å². The summed E-state index contributed by atoms with van der Waals surface area (Å²) in [5.41, 5.74) is 7.52. The molecule has 27 heavy (non-hydrogen) atoms. The number of phenols is 1. The molecule has 0 aliphatic carbocycles. The number of benzene rings is 3. The second-order valence-electron chi connectivity index (χ2n) is 5.68. The zero-order valence-corrected chi connectivity index (χ0v) is 15.6. The molecule has 0 saturated carbocycles. The number of carboxylic acids is 1. The molecule has 0 fully saturated rings. The predicted octanol–water partition coefficient (Wildman–Crippen LogP) is 4.74. The van der Waals surface area contributed by atoms with E-state index in [0.717, 1.165) is 0 Å². The van der Waals surface area contributed by atoms with Gasteiger partial charge in [-0.1, -0.05) is 30.3 Å². The van der Waals surface area contributed by atoms with E-state index in [1.807, 2.05) is 6.07 Å². The summed E-state index contributed by atoms with van der Waals surface area (Å²) in [7, 11) is 0. The number of carbonyl (C=O) groups excluding carboxylic acids is 1. The second kappa shape index (κ2) is 7.51. The molecule has 4 N–H and O–H groups in total. The van der Waals surface area contributed by atoms with Crippen molar-refractivity contribution in [3.8, 4) is 16.9 Å². The first-order chi connectivity index (χ1) is 12.9. The van der Waals surface area contributed by atoms with Crippen molar-refractivity contribution in [2.24, 2.45) is 5.73 Å². The highest BCUT2D eigenvalue weighted by molar-refractivity contribution is 9.10. The van der Waals surface area contributed by atoms with E-state index in [2.05, 4.69) is 15.9 Å². The summed E-state index contributed by atoms with van der Waals surface area (Å²) in [5.74, 6) is -1.35. The van der Waals surface area contributed by atoms with Crippen molar-refractivity contribution in [3.05, 3.63) is 76.8 Å². The maximum absolute atomic E-state index is 12.3. The fourth-order valence-corrected chi connectivity index (χ4v) is 3.25. The Bertz CT molecular complexity index is 1040. The lowest BCUT2D eigenvalue weighted by Gasteiger charge is -2.25. The molecule has 0 heterocycles. The van der Waals surface area contributed by atoms with Crippen molar-refractivity contribution < 1.29 is 19.8 Å². The number of para-hydroxylation sites is 2. The van der Waals surface area contributed by atoms with Gasteiger partial charge in [0.15, 0.2) is 0 Å². The number of nitrogens with zero attached hydrogens (tertiary/aromatic N) is 1. The molecule has 0 unspecified atom stereocenters. The van der Waals surface area contributed by atoms with Gasteiger partial charge in [-0.25, -0.2) is 9.59 Å². The van der Waals surface area contributed by atoms with E-state index in [4.69, 9.17) is 10.8 Å². The molecule has 0 spiro atoms. The summed E-state index contributed by atoms with van der Waals surface area (Å²) in [4.78, 5) is 24.7. The third kappa shape index (κ3) is 3.63. The second-order valence-corrected chi connectivity index (χ2v) is 6.53. The van der Waals surface area contributed by atoms with E-state index in [0.29, 0.717) is 27.0 Å². The Morgan fingerprint density at radius 3 is 2.11 bits per heavy atom. The number of urea groups is 1. The summed E-state index contributed by atoms with van der Waals surface area (Å²) in [6.07, 6.45) is 0. The van der Waals surface area contributed by atoms with Gasteiger partial charge in [0.2, 0.25) is 0 Å². The van der Waals surface area contributed by atoms with Crippen LogP contribution in [0.3, 0.4) is 0 Å². The number of primary amides is 1. The lowest BCUT2D eigenvalue weighted by Crippen LogP contribution is -2.32. The van der Waals surface area contributed by atoms with Gasteiger partial charge in [-0.15, -0.1) is 0 Å². The summed E-state index contributed by atoms with van der Waals surface area (Å²) < 4.78 is 0.670. The zero-order chi connectivity index (χ0) is 19.6. The van der Waals surface area contributed by atoms with E-state index in [9.17, 15) is 14.7 Å². The van der Waals surface area contributed by atoms with E-state index in [-0.39, 0.29) is 11.3 Å². The molecule has 3 rings (SSSR count). The zero-order valence-electron chi connectivity index (χ0n) is 14.0. The van der Waals surface area contributed by atoms with Crippen LogP contribution in [0.2, 0.25) is 0 Å². The average molecular weight is 427 g/mol. The number of hydrogen-bond donors (Lipinski definition) is 3.